The van der Waals surface area contributed by atoms with Gasteiger partial charge in [0.2, 0.25) is 0 Å². The van der Waals surface area contributed by atoms with E-state index in [4.69, 9.17) is 4.74 Å². The first-order valence-electron chi connectivity index (χ1n) is 7.16. The molecule has 0 aliphatic heterocycles. The molecule has 106 valence electrons. The molecule has 0 bridgehead atoms. The third kappa shape index (κ3) is 13.2. The number of carbonyl (C=O) groups excluding carboxylic acids is 1. The van der Waals surface area contributed by atoms with Crippen LogP contribution in [0.5, 0.6) is 0 Å². The minimum atomic E-state index is -0.330. The zero-order valence-corrected chi connectivity index (χ0v) is 11.5. The summed E-state index contributed by atoms with van der Waals surface area (Å²) in [7, 11) is 0. The lowest BCUT2D eigenvalue weighted by Gasteiger charge is -2.03. The van der Waals surface area contributed by atoms with Gasteiger partial charge in [0.25, 0.3) is 0 Å². The number of esters is 1. The normalized spacial score (nSPS) is 10.3. The van der Waals surface area contributed by atoms with E-state index in [1.807, 2.05) is 0 Å². The van der Waals surface area contributed by atoms with E-state index in [0.717, 1.165) is 25.7 Å². The van der Waals surface area contributed by atoms with Crippen LogP contribution in [0.15, 0.2) is 12.7 Å². The highest BCUT2D eigenvalue weighted by molar-refractivity contribution is 5.81. The van der Waals surface area contributed by atoms with E-state index < -0.39 is 0 Å². The van der Waals surface area contributed by atoms with Gasteiger partial charge in [-0.1, -0.05) is 57.9 Å². The summed E-state index contributed by atoms with van der Waals surface area (Å²) in [6, 6.07) is 0. The lowest BCUT2D eigenvalue weighted by atomic mass is 10.1. The van der Waals surface area contributed by atoms with Crippen LogP contribution in [0.2, 0.25) is 0 Å². The van der Waals surface area contributed by atoms with E-state index >= 15 is 0 Å². The summed E-state index contributed by atoms with van der Waals surface area (Å²) in [5.41, 5.74) is 0. The predicted molar refractivity (Wildman–Crippen MR) is 73.3 cm³/mol. The van der Waals surface area contributed by atoms with E-state index in [2.05, 4.69) is 6.58 Å². The molecule has 3 heteroatoms. The molecule has 0 amide bonds. The topological polar surface area (TPSA) is 26.3 Å². The standard InChI is InChI=1S/C15H27FO2/c1-2-15(17)18-14-12-10-8-6-4-3-5-7-9-11-13-16/h2H,1,3-14H2. The van der Waals surface area contributed by atoms with Crippen molar-refractivity contribution in [2.75, 3.05) is 13.3 Å². The molecule has 0 fully saturated rings. The van der Waals surface area contributed by atoms with Crippen molar-refractivity contribution in [2.45, 2.75) is 64.2 Å². The molecule has 2 nitrogen and oxygen atoms in total. The van der Waals surface area contributed by atoms with Crippen LogP contribution in [0.3, 0.4) is 0 Å². The van der Waals surface area contributed by atoms with Crippen molar-refractivity contribution in [3.63, 3.8) is 0 Å². The largest absolute Gasteiger partial charge is 0.463 e. The Hall–Kier alpha value is -0.860. The summed E-state index contributed by atoms with van der Waals surface area (Å²) < 4.78 is 16.7. The smallest absolute Gasteiger partial charge is 0.330 e. The average molecular weight is 258 g/mol. The predicted octanol–water partition coefficient (Wildman–Crippen LogP) is 4.59. The van der Waals surface area contributed by atoms with E-state index in [0.29, 0.717) is 6.61 Å². The van der Waals surface area contributed by atoms with Gasteiger partial charge < -0.3 is 4.74 Å². The van der Waals surface area contributed by atoms with Gasteiger partial charge in [-0.05, 0) is 12.8 Å². The molecular weight excluding hydrogens is 231 g/mol. The highest BCUT2D eigenvalue weighted by Crippen LogP contribution is 2.10. The molecule has 0 saturated heterocycles. The molecule has 0 N–H and O–H groups in total. The van der Waals surface area contributed by atoms with Crippen molar-refractivity contribution in [3.8, 4) is 0 Å². The molecule has 0 aromatic heterocycles. The van der Waals surface area contributed by atoms with Crippen LogP contribution in [0.4, 0.5) is 4.39 Å². The Labute approximate surface area is 111 Å². The quantitative estimate of drug-likeness (QED) is 0.274. The fourth-order valence-corrected chi connectivity index (χ4v) is 1.84. The molecule has 0 radical (unpaired) electrons. The maximum atomic E-state index is 11.8. The van der Waals surface area contributed by atoms with Crippen molar-refractivity contribution in [2.24, 2.45) is 0 Å². The molecular formula is C15H27FO2. The Kier molecular flexibility index (Phi) is 13.5. The third-order valence-electron chi connectivity index (χ3n) is 2.94. The number of rotatable bonds is 13. The van der Waals surface area contributed by atoms with Gasteiger partial charge in [-0.25, -0.2) is 4.79 Å². The lowest BCUT2D eigenvalue weighted by molar-refractivity contribution is -0.137. The number of halogens is 1. The lowest BCUT2D eigenvalue weighted by Crippen LogP contribution is -2.01. The summed E-state index contributed by atoms with van der Waals surface area (Å²) in [4.78, 5) is 10.7. The first-order valence-corrected chi connectivity index (χ1v) is 7.16. The summed E-state index contributed by atoms with van der Waals surface area (Å²) in [6.07, 6.45) is 12.4. The number of carbonyl (C=O) groups is 1. The van der Waals surface area contributed by atoms with Crippen LogP contribution in [-0.2, 0) is 9.53 Å². The highest BCUT2D eigenvalue weighted by Gasteiger charge is 1.96. The molecule has 0 heterocycles. The van der Waals surface area contributed by atoms with Crippen LogP contribution in [0, 0.1) is 0 Å². The highest BCUT2D eigenvalue weighted by atomic mass is 19.1. The van der Waals surface area contributed by atoms with Crippen LogP contribution in [0.25, 0.3) is 0 Å². The molecule has 18 heavy (non-hydrogen) atoms. The molecule has 0 spiro atoms. The molecule has 0 saturated carbocycles. The second-order valence-corrected chi connectivity index (χ2v) is 4.60. The van der Waals surface area contributed by atoms with Crippen molar-refractivity contribution < 1.29 is 13.9 Å². The van der Waals surface area contributed by atoms with Gasteiger partial charge in [-0.3, -0.25) is 4.39 Å². The minimum absolute atomic E-state index is 0.170. The van der Waals surface area contributed by atoms with Crippen LogP contribution in [-0.4, -0.2) is 19.3 Å². The van der Waals surface area contributed by atoms with Gasteiger partial charge in [0.1, 0.15) is 0 Å². The Morgan fingerprint density at radius 2 is 1.33 bits per heavy atom. The van der Waals surface area contributed by atoms with Gasteiger partial charge >= 0.3 is 5.97 Å². The van der Waals surface area contributed by atoms with Gasteiger partial charge in [0, 0.05) is 6.08 Å². The van der Waals surface area contributed by atoms with Gasteiger partial charge in [0.15, 0.2) is 0 Å². The monoisotopic (exact) mass is 258 g/mol. The Bertz CT molecular complexity index is 205. The van der Waals surface area contributed by atoms with Gasteiger partial charge in [-0.2, -0.15) is 0 Å². The maximum Gasteiger partial charge on any atom is 0.330 e. The van der Waals surface area contributed by atoms with Crippen molar-refractivity contribution >= 4 is 5.97 Å². The molecule has 0 unspecified atom stereocenters. The van der Waals surface area contributed by atoms with Crippen LogP contribution in [0.1, 0.15) is 64.2 Å². The van der Waals surface area contributed by atoms with Crippen molar-refractivity contribution in [1.82, 2.24) is 0 Å². The third-order valence-corrected chi connectivity index (χ3v) is 2.94. The zero-order chi connectivity index (χ0) is 13.5. The van der Waals surface area contributed by atoms with Crippen molar-refractivity contribution in [1.29, 1.82) is 0 Å². The zero-order valence-electron chi connectivity index (χ0n) is 11.5. The number of hydrogen-bond acceptors (Lipinski definition) is 2. The molecule has 0 aliphatic carbocycles. The number of alkyl halides is 1. The molecule has 0 aromatic rings. The number of hydrogen-bond donors (Lipinski definition) is 0. The second kappa shape index (κ2) is 14.2. The van der Waals surface area contributed by atoms with E-state index in [1.165, 1.54) is 44.6 Å². The van der Waals surface area contributed by atoms with Crippen LogP contribution < -0.4 is 0 Å². The molecule has 0 aliphatic rings. The first kappa shape index (κ1) is 17.1. The molecule has 0 aromatic carbocycles. The molecule has 0 atom stereocenters. The van der Waals surface area contributed by atoms with E-state index in [9.17, 15) is 9.18 Å². The summed E-state index contributed by atoms with van der Waals surface area (Å²) >= 11 is 0. The Balaban J connectivity index is 2.98. The van der Waals surface area contributed by atoms with Gasteiger partial charge in [0.05, 0.1) is 13.3 Å². The summed E-state index contributed by atoms with van der Waals surface area (Å²) in [5, 5.41) is 0. The van der Waals surface area contributed by atoms with Gasteiger partial charge in [-0.15, -0.1) is 0 Å². The SMILES string of the molecule is C=CC(=O)OCCCCCCCCCCCCF. The summed E-state index contributed by atoms with van der Waals surface area (Å²) in [5.74, 6) is -0.330. The second-order valence-electron chi connectivity index (χ2n) is 4.60. The van der Waals surface area contributed by atoms with Crippen LogP contribution >= 0.6 is 0 Å². The Morgan fingerprint density at radius 3 is 1.78 bits per heavy atom. The first-order chi connectivity index (χ1) is 8.81. The fraction of sp³-hybridized carbons (Fsp3) is 0.800. The van der Waals surface area contributed by atoms with Crippen molar-refractivity contribution in [3.05, 3.63) is 12.7 Å². The Morgan fingerprint density at radius 1 is 0.889 bits per heavy atom. The molecule has 0 rings (SSSR count). The number of ether oxygens (including phenoxy) is 1. The minimum Gasteiger partial charge on any atom is -0.463 e. The number of unbranched alkanes of at least 4 members (excludes halogenated alkanes) is 9. The van der Waals surface area contributed by atoms with E-state index in [-0.39, 0.29) is 12.6 Å². The maximum absolute atomic E-state index is 11.8. The fourth-order valence-electron chi connectivity index (χ4n) is 1.84. The summed E-state index contributed by atoms with van der Waals surface area (Å²) in [6.45, 7) is 3.68. The van der Waals surface area contributed by atoms with E-state index in [1.54, 1.807) is 0 Å². The average Bonchev–Trinajstić information content (AvgIpc) is 2.39.